The Labute approximate surface area is 185 Å². The maximum Gasteiger partial charge on any atom is 0.170 e. The first kappa shape index (κ1) is 19.0. The summed E-state index contributed by atoms with van der Waals surface area (Å²) < 4.78 is 0. The fourth-order valence-corrected chi connectivity index (χ4v) is 4.59. The Morgan fingerprint density at radius 1 is 0.969 bits per heavy atom. The molecule has 6 rings (SSSR count). The number of nitrogens with zero attached hydrogens (tertiary/aromatic N) is 3. The average molecular weight is 422 g/mol. The first-order chi connectivity index (χ1) is 15.8. The van der Waals surface area contributed by atoms with Crippen molar-refractivity contribution in [2.45, 2.75) is 6.42 Å². The number of para-hydroxylation sites is 1. The second-order valence-electron chi connectivity index (χ2n) is 8.24. The molecule has 2 aromatic carbocycles. The predicted molar refractivity (Wildman–Crippen MR) is 128 cm³/mol. The maximum atomic E-state index is 12.8. The lowest BCUT2D eigenvalue weighted by atomic mass is 9.92. The molecular formula is C26H23N5O. The Morgan fingerprint density at radius 3 is 2.75 bits per heavy atom. The summed E-state index contributed by atoms with van der Waals surface area (Å²) in [5.41, 5.74) is 6.69. The minimum atomic E-state index is 0.0773. The first-order valence-electron chi connectivity index (χ1n) is 11.0. The summed E-state index contributed by atoms with van der Waals surface area (Å²) in [4.78, 5) is 27.8. The van der Waals surface area contributed by atoms with Gasteiger partial charge in [0.1, 0.15) is 5.82 Å². The summed E-state index contributed by atoms with van der Waals surface area (Å²) in [7, 11) is 0. The molecule has 32 heavy (non-hydrogen) atoms. The summed E-state index contributed by atoms with van der Waals surface area (Å²) in [6.45, 7) is 3.97. The first-order valence-corrected chi connectivity index (χ1v) is 11.0. The van der Waals surface area contributed by atoms with Crippen LogP contribution in [0.3, 0.4) is 0 Å². The number of rotatable bonds is 3. The maximum absolute atomic E-state index is 12.8. The monoisotopic (exact) mass is 421 g/mol. The summed E-state index contributed by atoms with van der Waals surface area (Å²) >= 11 is 0. The van der Waals surface area contributed by atoms with E-state index in [9.17, 15) is 4.79 Å². The molecule has 4 aromatic rings. The number of aromatic amines is 1. The van der Waals surface area contributed by atoms with Crippen molar-refractivity contribution in [3.05, 3.63) is 78.3 Å². The summed E-state index contributed by atoms with van der Waals surface area (Å²) in [6, 6.07) is 16.4. The molecule has 0 atom stereocenters. The molecule has 2 aromatic heterocycles. The van der Waals surface area contributed by atoms with Crippen molar-refractivity contribution in [2.75, 3.05) is 31.1 Å². The van der Waals surface area contributed by atoms with Gasteiger partial charge in [0.2, 0.25) is 0 Å². The second-order valence-corrected chi connectivity index (χ2v) is 8.24. The molecule has 2 aliphatic rings. The van der Waals surface area contributed by atoms with Gasteiger partial charge in [0, 0.05) is 49.9 Å². The number of imidazole rings is 1. The van der Waals surface area contributed by atoms with Crippen LogP contribution >= 0.6 is 0 Å². The number of nitrogens with one attached hydrogen (secondary N) is 2. The quantitative estimate of drug-likeness (QED) is 0.524. The number of Topliss-reactive ketones (excluding diaryl/α,β-unsaturated/α-hetero) is 1. The zero-order valence-corrected chi connectivity index (χ0v) is 17.6. The van der Waals surface area contributed by atoms with Crippen LogP contribution in [0, 0.1) is 0 Å². The highest BCUT2D eigenvalue weighted by Crippen LogP contribution is 2.32. The third kappa shape index (κ3) is 3.29. The lowest BCUT2D eigenvalue weighted by Gasteiger charge is -2.29. The van der Waals surface area contributed by atoms with Crippen LogP contribution < -0.4 is 10.2 Å². The van der Waals surface area contributed by atoms with E-state index in [1.807, 2.05) is 48.7 Å². The molecule has 0 unspecified atom stereocenters. The van der Waals surface area contributed by atoms with Gasteiger partial charge in [-0.2, -0.15) is 0 Å². The topological polar surface area (TPSA) is 73.9 Å². The number of H-pyrrole nitrogens is 1. The molecule has 0 spiro atoms. The highest BCUT2D eigenvalue weighted by Gasteiger charge is 2.21. The molecule has 1 aliphatic carbocycles. The van der Waals surface area contributed by atoms with E-state index in [4.69, 9.17) is 4.98 Å². The van der Waals surface area contributed by atoms with Crippen molar-refractivity contribution in [1.82, 2.24) is 20.3 Å². The molecule has 158 valence electrons. The van der Waals surface area contributed by atoms with Gasteiger partial charge in [-0.3, -0.25) is 9.78 Å². The molecule has 6 nitrogen and oxygen atoms in total. The van der Waals surface area contributed by atoms with Gasteiger partial charge in [-0.25, -0.2) is 4.98 Å². The van der Waals surface area contributed by atoms with Crippen molar-refractivity contribution >= 4 is 44.6 Å². The molecule has 1 saturated heterocycles. The van der Waals surface area contributed by atoms with E-state index >= 15 is 0 Å². The van der Waals surface area contributed by atoms with Gasteiger partial charge in [-0.15, -0.1) is 0 Å². The van der Waals surface area contributed by atoms with Crippen LogP contribution in [0.5, 0.6) is 0 Å². The van der Waals surface area contributed by atoms with Crippen LogP contribution in [0.2, 0.25) is 0 Å². The molecule has 6 heteroatoms. The number of pyridine rings is 1. The highest BCUT2D eigenvalue weighted by atomic mass is 16.1. The number of benzene rings is 2. The smallest absolute Gasteiger partial charge is 0.170 e. The molecule has 0 saturated carbocycles. The van der Waals surface area contributed by atoms with Crippen molar-refractivity contribution < 1.29 is 4.79 Å². The van der Waals surface area contributed by atoms with Gasteiger partial charge in [-0.1, -0.05) is 24.3 Å². The van der Waals surface area contributed by atoms with Crippen molar-refractivity contribution in [3.8, 4) is 0 Å². The Balaban J connectivity index is 1.39. The zero-order valence-electron chi connectivity index (χ0n) is 17.6. The Morgan fingerprint density at radius 2 is 1.84 bits per heavy atom. The third-order valence-electron chi connectivity index (χ3n) is 6.27. The van der Waals surface area contributed by atoms with Gasteiger partial charge in [0.15, 0.2) is 5.78 Å². The van der Waals surface area contributed by atoms with E-state index < -0.39 is 0 Å². The number of allylic oxidation sites excluding steroid dienone is 4. The fraction of sp³-hybridized carbons (Fsp3) is 0.192. The Bertz CT molecular complexity index is 1400. The number of anilines is 1. The summed E-state index contributed by atoms with van der Waals surface area (Å²) in [5, 5.41) is 4.47. The molecule has 2 N–H and O–H groups in total. The molecule has 0 bridgehead atoms. The highest BCUT2D eigenvalue weighted by molar-refractivity contribution is 6.24. The number of fused-ring (bicyclic) bond motifs is 2. The summed E-state index contributed by atoms with van der Waals surface area (Å²) in [6.07, 6.45) is 6.14. The Hall–Kier alpha value is -3.77. The molecule has 1 aliphatic heterocycles. The van der Waals surface area contributed by atoms with E-state index in [-0.39, 0.29) is 5.78 Å². The summed E-state index contributed by atoms with van der Waals surface area (Å²) in [5.74, 6) is 0.708. The van der Waals surface area contributed by atoms with E-state index in [1.54, 1.807) is 0 Å². The minimum Gasteiger partial charge on any atom is -0.369 e. The van der Waals surface area contributed by atoms with E-state index in [2.05, 4.69) is 38.4 Å². The molecule has 0 amide bonds. The molecule has 1 fully saturated rings. The fourth-order valence-electron chi connectivity index (χ4n) is 4.59. The normalized spacial score (nSPS) is 17.0. The number of hydrogen-bond donors (Lipinski definition) is 2. The largest absolute Gasteiger partial charge is 0.369 e. The molecular weight excluding hydrogens is 398 g/mol. The van der Waals surface area contributed by atoms with Crippen molar-refractivity contribution in [3.63, 3.8) is 0 Å². The molecule has 0 radical (unpaired) electrons. The zero-order chi connectivity index (χ0) is 21.5. The van der Waals surface area contributed by atoms with Crippen LogP contribution in [-0.2, 0) is 4.79 Å². The van der Waals surface area contributed by atoms with Gasteiger partial charge in [-0.05, 0) is 47.5 Å². The number of carbonyl (C=O) groups excluding carboxylic acids is 1. The lowest BCUT2D eigenvalue weighted by Crippen LogP contribution is -2.43. The molecule has 3 heterocycles. The number of carbonyl (C=O) groups is 1. The van der Waals surface area contributed by atoms with Crippen LogP contribution in [-0.4, -0.2) is 46.9 Å². The number of ketones is 1. The SMILES string of the molecule is O=C1CC=C(c2ccnc3ccccc23)C=C1c1nc2ccc(N3CCNCC3)cc2[nH]1. The van der Waals surface area contributed by atoms with E-state index in [0.29, 0.717) is 17.8 Å². The van der Waals surface area contributed by atoms with Gasteiger partial charge in [0.25, 0.3) is 0 Å². The predicted octanol–water partition coefficient (Wildman–Crippen LogP) is 3.96. The van der Waals surface area contributed by atoms with Crippen LogP contribution in [0.25, 0.3) is 33.1 Å². The average Bonchev–Trinajstić information content (AvgIpc) is 3.28. The van der Waals surface area contributed by atoms with Gasteiger partial charge < -0.3 is 15.2 Å². The van der Waals surface area contributed by atoms with Crippen LogP contribution in [0.15, 0.2) is 66.9 Å². The lowest BCUT2D eigenvalue weighted by molar-refractivity contribution is -0.113. The standard InChI is InChI=1S/C26H23N5O/c32-25-8-5-17(19-9-10-28-22-4-2-1-3-20(19)22)15-21(25)26-29-23-7-6-18(16-24(23)30-26)31-13-11-27-12-14-31/h1-7,9-10,15-16,27H,8,11-14H2,(H,29,30). The number of aromatic nitrogens is 3. The Kier molecular flexibility index (Phi) is 4.58. The van der Waals surface area contributed by atoms with Gasteiger partial charge >= 0.3 is 0 Å². The van der Waals surface area contributed by atoms with Crippen LogP contribution in [0.4, 0.5) is 5.69 Å². The van der Waals surface area contributed by atoms with Crippen molar-refractivity contribution in [2.24, 2.45) is 0 Å². The van der Waals surface area contributed by atoms with Crippen LogP contribution in [0.1, 0.15) is 17.8 Å². The number of hydrogen-bond acceptors (Lipinski definition) is 5. The van der Waals surface area contributed by atoms with Crippen molar-refractivity contribution in [1.29, 1.82) is 0 Å². The van der Waals surface area contributed by atoms with E-state index in [1.165, 1.54) is 5.69 Å². The van der Waals surface area contributed by atoms with Gasteiger partial charge in [0.05, 0.1) is 22.1 Å². The third-order valence-corrected chi connectivity index (χ3v) is 6.27. The van der Waals surface area contributed by atoms with E-state index in [0.717, 1.165) is 59.3 Å². The second kappa shape index (κ2) is 7.73. The number of piperazine rings is 1. The minimum absolute atomic E-state index is 0.0773.